The van der Waals surface area contributed by atoms with Crippen molar-refractivity contribution in [3.8, 4) is 0 Å². The average Bonchev–Trinajstić information content (AvgIpc) is 2.84. The fourth-order valence-electron chi connectivity index (χ4n) is 4.10. The van der Waals surface area contributed by atoms with Crippen LogP contribution in [0.2, 0.25) is 0 Å². The van der Waals surface area contributed by atoms with Crippen molar-refractivity contribution in [2.45, 2.75) is 11.8 Å². The van der Waals surface area contributed by atoms with Gasteiger partial charge in [0.1, 0.15) is 5.82 Å². The lowest BCUT2D eigenvalue weighted by atomic mass is 10.1. The third-order valence-corrected chi connectivity index (χ3v) is 7.92. The highest BCUT2D eigenvalue weighted by Crippen LogP contribution is 2.25. The van der Waals surface area contributed by atoms with Crippen molar-refractivity contribution in [3.05, 3.63) is 59.4 Å². The van der Waals surface area contributed by atoms with Crippen molar-refractivity contribution in [3.63, 3.8) is 0 Å². The van der Waals surface area contributed by atoms with E-state index >= 15 is 0 Å². The Morgan fingerprint density at radius 3 is 2.24 bits per heavy atom. The van der Waals surface area contributed by atoms with Crippen molar-refractivity contribution < 1.29 is 27.1 Å². The van der Waals surface area contributed by atoms with E-state index in [1.54, 1.807) is 29.2 Å². The molecule has 176 valence electrons. The van der Waals surface area contributed by atoms with E-state index in [1.165, 1.54) is 29.4 Å². The number of carbonyl (C=O) groups excluding carboxylic acids is 2. The molecule has 2 aromatic carbocycles. The van der Waals surface area contributed by atoms with Gasteiger partial charge in [0, 0.05) is 44.8 Å². The number of hydrogen-bond donors (Lipinski definition) is 0. The number of ketones is 1. The number of amides is 1. The first kappa shape index (κ1) is 23.3. The fourth-order valence-corrected chi connectivity index (χ4v) is 5.69. The molecule has 0 unspecified atom stereocenters. The smallest absolute Gasteiger partial charge is 0.255 e. The van der Waals surface area contributed by atoms with E-state index in [0.29, 0.717) is 50.6 Å². The first-order valence-corrected chi connectivity index (χ1v) is 12.2. The van der Waals surface area contributed by atoms with Gasteiger partial charge in [-0.3, -0.25) is 9.59 Å². The van der Waals surface area contributed by atoms with Crippen LogP contribution in [0.3, 0.4) is 0 Å². The van der Waals surface area contributed by atoms with Crippen molar-refractivity contribution in [2.24, 2.45) is 0 Å². The molecule has 8 nitrogen and oxygen atoms in total. The Bertz CT molecular complexity index is 1160. The molecule has 0 spiro atoms. The highest BCUT2D eigenvalue weighted by Gasteiger charge is 2.32. The minimum Gasteiger partial charge on any atom is -0.379 e. The molecule has 0 bridgehead atoms. The maximum atomic E-state index is 14.5. The van der Waals surface area contributed by atoms with Gasteiger partial charge in [0.2, 0.25) is 10.0 Å². The number of piperazine rings is 1. The topological polar surface area (TPSA) is 87.2 Å². The van der Waals surface area contributed by atoms with Crippen LogP contribution >= 0.6 is 0 Å². The van der Waals surface area contributed by atoms with Crippen LogP contribution in [-0.2, 0) is 14.8 Å². The highest BCUT2D eigenvalue weighted by molar-refractivity contribution is 7.89. The minimum atomic E-state index is -3.83. The molecule has 0 N–H and O–H groups in total. The van der Waals surface area contributed by atoms with E-state index in [9.17, 15) is 22.4 Å². The van der Waals surface area contributed by atoms with E-state index in [4.69, 9.17) is 4.74 Å². The molecule has 0 aliphatic carbocycles. The Labute approximate surface area is 192 Å². The number of carbonyl (C=O) groups is 2. The normalized spacial score (nSPS) is 17.8. The highest BCUT2D eigenvalue weighted by atomic mass is 32.2. The van der Waals surface area contributed by atoms with Crippen molar-refractivity contribution in [1.82, 2.24) is 9.21 Å². The Morgan fingerprint density at radius 2 is 1.61 bits per heavy atom. The molecular weight excluding hydrogens is 449 g/mol. The maximum absolute atomic E-state index is 14.5. The predicted octanol–water partition coefficient (Wildman–Crippen LogP) is 2.01. The monoisotopic (exact) mass is 475 g/mol. The van der Waals surface area contributed by atoms with Crippen molar-refractivity contribution in [1.29, 1.82) is 0 Å². The first-order valence-electron chi connectivity index (χ1n) is 10.8. The third-order valence-electron chi connectivity index (χ3n) is 5.97. The molecule has 0 radical (unpaired) electrons. The summed E-state index contributed by atoms with van der Waals surface area (Å²) < 4.78 is 47.5. The molecule has 0 aromatic heterocycles. The van der Waals surface area contributed by atoms with Crippen LogP contribution in [0.4, 0.5) is 10.1 Å². The molecule has 2 heterocycles. The second-order valence-electron chi connectivity index (χ2n) is 8.01. The lowest BCUT2D eigenvalue weighted by Crippen LogP contribution is -2.49. The number of anilines is 1. The lowest BCUT2D eigenvalue weighted by Gasteiger charge is -2.36. The zero-order valence-corrected chi connectivity index (χ0v) is 19.2. The van der Waals surface area contributed by atoms with Crippen molar-refractivity contribution in [2.75, 3.05) is 57.4 Å². The summed E-state index contributed by atoms with van der Waals surface area (Å²) in [6.45, 7) is 3.94. The van der Waals surface area contributed by atoms with Gasteiger partial charge < -0.3 is 14.5 Å². The summed E-state index contributed by atoms with van der Waals surface area (Å²) in [6, 6.07) is 10.6. The molecule has 2 aliphatic rings. The zero-order chi connectivity index (χ0) is 23.6. The van der Waals surface area contributed by atoms with E-state index < -0.39 is 15.8 Å². The van der Waals surface area contributed by atoms with Crippen LogP contribution in [0.5, 0.6) is 0 Å². The van der Waals surface area contributed by atoms with Gasteiger partial charge in [-0.2, -0.15) is 4.31 Å². The van der Waals surface area contributed by atoms with Crippen LogP contribution in [0.25, 0.3) is 0 Å². The molecule has 1 amide bonds. The van der Waals surface area contributed by atoms with Gasteiger partial charge in [-0.05, 0) is 37.3 Å². The van der Waals surface area contributed by atoms with Crippen molar-refractivity contribution >= 4 is 27.4 Å². The summed E-state index contributed by atoms with van der Waals surface area (Å²) in [5, 5.41) is 0. The second kappa shape index (κ2) is 9.58. The molecular formula is C23H26FN3O5S. The number of rotatable bonds is 5. The van der Waals surface area contributed by atoms with Gasteiger partial charge in [0.15, 0.2) is 5.78 Å². The zero-order valence-electron chi connectivity index (χ0n) is 18.4. The summed E-state index contributed by atoms with van der Waals surface area (Å²) in [5.41, 5.74) is 0.819. The number of nitrogens with zero attached hydrogens (tertiary/aromatic N) is 3. The lowest BCUT2D eigenvalue weighted by molar-refractivity contribution is 0.0722. The summed E-state index contributed by atoms with van der Waals surface area (Å²) in [6.07, 6.45) is 0. The van der Waals surface area contributed by atoms with Crippen LogP contribution in [0.1, 0.15) is 27.6 Å². The second-order valence-corrected chi connectivity index (χ2v) is 9.92. The van der Waals surface area contributed by atoms with Crippen LogP contribution in [-0.4, -0.2) is 81.8 Å². The van der Waals surface area contributed by atoms with Gasteiger partial charge >= 0.3 is 0 Å². The molecule has 10 heteroatoms. The molecule has 2 saturated heterocycles. The van der Waals surface area contributed by atoms with Gasteiger partial charge in [0.05, 0.1) is 29.4 Å². The number of benzene rings is 2. The Morgan fingerprint density at radius 1 is 0.939 bits per heavy atom. The molecule has 4 rings (SSSR count). The summed E-state index contributed by atoms with van der Waals surface area (Å²) in [5.74, 6) is -1.06. The van der Waals surface area contributed by atoms with Gasteiger partial charge in [-0.1, -0.05) is 12.1 Å². The average molecular weight is 476 g/mol. The Hall–Kier alpha value is -2.82. The molecule has 2 aromatic rings. The number of sulfonamides is 1. The number of halogens is 1. The molecule has 0 saturated carbocycles. The van der Waals surface area contributed by atoms with Gasteiger partial charge in [-0.25, -0.2) is 12.8 Å². The Balaban J connectivity index is 1.49. The summed E-state index contributed by atoms with van der Waals surface area (Å²) >= 11 is 0. The van der Waals surface area contributed by atoms with Gasteiger partial charge in [0.25, 0.3) is 5.91 Å². The van der Waals surface area contributed by atoms with Crippen LogP contribution in [0.15, 0.2) is 47.4 Å². The third kappa shape index (κ3) is 4.78. The SMILES string of the molecule is CC(=O)c1ccc(N2CCN(C(=O)c3ccccc3S(=O)(=O)N3CCOCC3)CC2)c(F)c1. The fraction of sp³-hybridized carbons (Fsp3) is 0.391. The molecule has 0 atom stereocenters. The van der Waals surface area contributed by atoms with Gasteiger partial charge in [-0.15, -0.1) is 0 Å². The number of morpholine rings is 1. The molecule has 2 aliphatic heterocycles. The predicted molar refractivity (Wildman–Crippen MR) is 121 cm³/mol. The maximum Gasteiger partial charge on any atom is 0.255 e. The van der Waals surface area contributed by atoms with Crippen LogP contribution < -0.4 is 4.90 Å². The van der Waals surface area contributed by atoms with Crippen LogP contribution in [0, 0.1) is 5.82 Å². The molecule has 2 fully saturated rings. The first-order chi connectivity index (χ1) is 15.8. The van der Waals surface area contributed by atoms with E-state index in [0.717, 1.165) is 0 Å². The van der Waals surface area contributed by atoms with E-state index in [1.807, 2.05) is 4.90 Å². The number of ether oxygens (including phenoxy) is 1. The van der Waals surface area contributed by atoms with E-state index in [2.05, 4.69) is 0 Å². The standard InChI is InChI=1S/C23H26FN3O5S/c1-17(28)18-6-7-21(20(24)16-18)25-8-10-26(11-9-25)23(29)19-4-2-3-5-22(19)33(30,31)27-12-14-32-15-13-27/h2-7,16H,8-15H2,1H3. The Kier molecular flexibility index (Phi) is 6.78. The number of hydrogen-bond acceptors (Lipinski definition) is 6. The largest absolute Gasteiger partial charge is 0.379 e. The summed E-state index contributed by atoms with van der Waals surface area (Å²) in [4.78, 5) is 28.1. The summed E-state index contributed by atoms with van der Waals surface area (Å²) in [7, 11) is -3.83. The van der Waals surface area contributed by atoms with E-state index in [-0.39, 0.29) is 35.2 Å². The number of Topliss-reactive ketones (excluding diaryl/α,β-unsaturated/α-hetero) is 1. The molecule has 33 heavy (non-hydrogen) atoms. The quantitative estimate of drug-likeness (QED) is 0.615. The minimum absolute atomic E-state index is 0.00908.